The Morgan fingerprint density at radius 3 is 2.62 bits per heavy atom. The number of aromatic amines is 1. The monoisotopic (exact) mass is 288 g/mol. The Hall–Kier alpha value is -2.83. The highest BCUT2D eigenvalue weighted by Gasteiger charge is 2.21. The van der Waals surface area contributed by atoms with Crippen molar-refractivity contribution in [3.63, 3.8) is 0 Å². The Morgan fingerprint density at radius 1 is 1.43 bits per heavy atom. The van der Waals surface area contributed by atoms with Gasteiger partial charge in [-0.3, -0.25) is 9.89 Å². The number of rotatable bonds is 4. The summed E-state index contributed by atoms with van der Waals surface area (Å²) in [4.78, 5) is 24.9. The average molecular weight is 288 g/mol. The van der Waals surface area contributed by atoms with Gasteiger partial charge in [-0.2, -0.15) is 5.10 Å². The van der Waals surface area contributed by atoms with E-state index in [0.717, 1.165) is 0 Å². The second-order valence-corrected chi connectivity index (χ2v) is 4.54. The van der Waals surface area contributed by atoms with Crippen LogP contribution in [0.25, 0.3) is 0 Å². The van der Waals surface area contributed by atoms with Gasteiger partial charge in [0.1, 0.15) is 0 Å². The molecule has 0 saturated carbocycles. The van der Waals surface area contributed by atoms with Gasteiger partial charge in [-0.1, -0.05) is 0 Å². The lowest BCUT2D eigenvalue weighted by Gasteiger charge is -2.22. The number of nitrogens with zero attached hydrogens (tertiary/aromatic N) is 2. The van der Waals surface area contributed by atoms with E-state index < -0.39 is 5.97 Å². The molecule has 110 valence electrons. The van der Waals surface area contributed by atoms with Gasteiger partial charge in [0.25, 0.3) is 5.91 Å². The predicted octanol–water partition coefficient (Wildman–Crippen LogP) is 1.67. The van der Waals surface area contributed by atoms with Crippen LogP contribution in [-0.2, 0) is 0 Å². The van der Waals surface area contributed by atoms with Gasteiger partial charge >= 0.3 is 5.97 Å². The van der Waals surface area contributed by atoms with Gasteiger partial charge in [0.05, 0.1) is 28.7 Å². The van der Waals surface area contributed by atoms with Crippen molar-refractivity contribution in [2.75, 3.05) is 17.2 Å². The number of hydrogen-bond donors (Lipinski definition) is 3. The summed E-state index contributed by atoms with van der Waals surface area (Å²) in [6.45, 7) is 3.98. The van der Waals surface area contributed by atoms with E-state index in [1.807, 2.05) is 6.92 Å². The van der Waals surface area contributed by atoms with E-state index in [0.29, 0.717) is 23.5 Å². The molecule has 0 saturated heterocycles. The minimum atomic E-state index is -1.06. The number of nitrogen functional groups attached to an aromatic ring is 1. The lowest BCUT2D eigenvalue weighted by atomic mass is 10.1. The second kappa shape index (κ2) is 5.66. The number of benzene rings is 1. The average Bonchev–Trinajstić information content (AvgIpc) is 2.87. The number of carbonyl (C=O) groups excluding carboxylic acids is 1. The third-order valence-electron chi connectivity index (χ3n) is 3.19. The van der Waals surface area contributed by atoms with Crippen molar-refractivity contribution in [1.29, 1.82) is 0 Å². The van der Waals surface area contributed by atoms with E-state index in [4.69, 9.17) is 10.8 Å². The Balaban J connectivity index is 2.40. The first-order valence-corrected chi connectivity index (χ1v) is 6.40. The Labute approximate surface area is 121 Å². The van der Waals surface area contributed by atoms with Crippen molar-refractivity contribution in [2.45, 2.75) is 13.8 Å². The number of carboxylic acids is 1. The summed E-state index contributed by atoms with van der Waals surface area (Å²) >= 11 is 0. The van der Waals surface area contributed by atoms with E-state index >= 15 is 0 Å². The first kappa shape index (κ1) is 14.6. The second-order valence-electron chi connectivity index (χ2n) is 4.54. The minimum Gasteiger partial charge on any atom is -0.478 e. The topological polar surface area (TPSA) is 112 Å². The van der Waals surface area contributed by atoms with Crippen molar-refractivity contribution >= 4 is 23.3 Å². The smallest absolute Gasteiger partial charge is 0.335 e. The van der Waals surface area contributed by atoms with Crippen LogP contribution in [0.1, 0.15) is 33.3 Å². The predicted molar refractivity (Wildman–Crippen MR) is 78.5 cm³/mol. The van der Waals surface area contributed by atoms with Gasteiger partial charge in [-0.15, -0.1) is 0 Å². The number of H-pyrrole nitrogens is 1. The van der Waals surface area contributed by atoms with Crippen molar-refractivity contribution in [1.82, 2.24) is 10.2 Å². The SMILES string of the molecule is CCN(C(=O)c1cn[nH]c1C)c1ccc(C(=O)O)cc1N. The summed E-state index contributed by atoms with van der Waals surface area (Å²) in [6.07, 6.45) is 1.46. The highest BCUT2D eigenvalue weighted by Crippen LogP contribution is 2.26. The molecule has 2 rings (SSSR count). The highest BCUT2D eigenvalue weighted by atomic mass is 16.4. The van der Waals surface area contributed by atoms with Gasteiger partial charge in [0.2, 0.25) is 0 Å². The zero-order chi connectivity index (χ0) is 15.6. The van der Waals surface area contributed by atoms with Crippen LogP contribution < -0.4 is 10.6 Å². The third kappa shape index (κ3) is 2.71. The van der Waals surface area contributed by atoms with Crippen LogP contribution in [-0.4, -0.2) is 33.7 Å². The summed E-state index contributed by atoms with van der Waals surface area (Å²) in [7, 11) is 0. The van der Waals surface area contributed by atoms with E-state index in [9.17, 15) is 9.59 Å². The normalized spacial score (nSPS) is 10.4. The quantitative estimate of drug-likeness (QED) is 0.741. The number of nitrogens with one attached hydrogen (secondary N) is 1. The maximum atomic E-state index is 12.5. The number of aryl methyl sites for hydroxylation is 1. The Bertz CT molecular complexity index is 693. The number of nitrogens with two attached hydrogens (primary N) is 1. The molecule has 0 radical (unpaired) electrons. The lowest BCUT2D eigenvalue weighted by molar-refractivity contribution is 0.0697. The molecule has 0 aliphatic carbocycles. The molecule has 21 heavy (non-hydrogen) atoms. The van der Waals surface area contributed by atoms with Crippen molar-refractivity contribution < 1.29 is 14.7 Å². The van der Waals surface area contributed by atoms with Crippen LogP contribution in [0, 0.1) is 6.92 Å². The zero-order valence-electron chi connectivity index (χ0n) is 11.8. The molecule has 1 amide bonds. The van der Waals surface area contributed by atoms with Crippen LogP contribution in [0.5, 0.6) is 0 Å². The number of anilines is 2. The van der Waals surface area contributed by atoms with Crippen LogP contribution in [0.3, 0.4) is 0 Å². The zero-order valence-corrected chi connectivity index (χ0v) is 11.8. The van der Waals surface area contributed by atoms with Crippen molar-refractivity contribution in [3.05, 3.63) is 41.2 Å². The number of carboxylic acid groups (broad SMARTS) is 1. The summed E-state index contributed by atoms with van der Waals surface area (Å²) in [5.74, 6) is -1.30. The molecule has 0 fully saturated rings. The first-order valence-electron chi connectivity index (χ1n) is 6.40. The number of carbonyl (C=O) groups is 2. The van der Waals surface area contributed by atoms with E-state index in [-0.39, 0.29) is 17.2 Å². The van der Waals surface area contributed by atoms with Gasteiger partial charge in [-0.05, 0) is 32.0 Å². The van der Waals surface area contributed by atoms with Gasteiger partial charge in [-0.25, -0.2) is 4.79 Å². The maximum Gasteiger partial charge on any atom is 0.335 e. The highest BCUT2D eigenvalue weighted by molar-refractivity contribution is 6.08. The molecule has 0 bridgehead atoms. The molecule has 0 aliphatic rings. The molecule has 0 unspecified atom stereocenters. The molecule has 4 N–H and O–H groups in total. The summed E-state index contributed by atoms with van der Waals surface area (Å²) in [5.41, 5.74) is 7.81. The Kier molecular flexibility index (Phi) is 3.93. The fraction of sp³-hybridized carbons (Fsp3) is 0.214. The fourth-order valence-electron chi connectivity index (χ4n) is 2.07. The van der Waals surface area contributed by atoms with Gasteiger partial charge in [0.15, 0.2) is 0 Å². The maximum absolute atomic E-state index is 12.5. The minimum absolute atomic E-state index is 0.0826. The largest absolute Gasteiger partial charge is 0.478 e. The van der Waals surface area contributed by atoms with Crippen molar-refractivity contribution in [3.8, 4) is 0 Å². The van der Waals surface area contributed by atoms with Crippen LogP contribution in [0.15, 0.2) is 24.4 Å². The third-order valence-corrected chi connectivity index (χ3v) is 3.19. The van der Waals surface area contributed by atoms with E-state index in [1.165, 1.54) is 29.3 Å². The van der Waals surface area contributed by atoms with E-state index in [1.54, 1.807) is 6.92 Å². The Morgan fingerprint density at radius 2 is 2.14 bits per heavy atom. The standard InChI is InChI=1S/C14H16N4O3/c1-3-18(13(19)10-7-16-17-8(10)2)12-5-4-9(14(20)21)6-11(12)15/h4-7H,3,15H2,1-2H3,(H,16,17)(H,20,21). The number of aromatic carboxylic acids is 1. The molecule has 1 heterocycles. The van der Waals surface area contributed by atoms with Gasteiger partial charge < -0.3 is 15.7 Å². The number of hydrogen-bond acceptors (Lipinski definition) is 4. The molecule has 7 heteroatoms. The molecular weight excluding hydrogens is 272 g/mol. The lowest BCUT2D eigenvalue weighted by Crippen LogP contribution is -2.31. The summed E-state index contributed by atoms with van der Waals surface area (Å²) in [5, 5.41) is 15.5. The number of aromatic nitrogens is 2. The molecule has 0 spiro atoms. The van der Waals surface area contributed by atoms with E-state index in [2.05, 4.69) is 10.2 Å². The summed E-state index contributed by atoms with van der Waals surface area (Å²) < 4.78 is 0. The number of amides is 1. The molecule has 1 aromatic carbocycles. The van der Waals surface area contributed by atoms with Crippen LogP contribution in [0.4, 0.5) is 11.4 Å². The first-order chi connectivity index (χ1) is 9.95. The molecule has 0 atom stereocenters. The molecule has 0 aliphatic heterocycles. The molecule has 2 aromatic rings. The van der Waals surface area contributed by atoms with Crippen LogP contribution >= 0.6 is 0 Å². The molecular formula is C14H16N4O3. The van der Waals surface area contributed by atoms with Gasteiger partial charge in [0, 0.05) is 12.2 Å². The molecule has 7 nitrogen and oxygen atoms in total. The summed E-state index contributed by atoms with van der Waals surface area (Å²) in [6, 6.07) is 4.30. The fourth-order valence-corrected chi connectivity index (χ4v) is 2.07. The van der Waals surface area contributed by atoms with Crippen molar-refractivity contribution in [2.24, 2.45) is 0 Å². The molecule has 1 aromatic heterocycles. The van der Waals surface area contributed by atoms with Crippen LogP contribution in [0.2, 0.25) is 0 Å².